The van der Waals surface area contributed by atoms with Gasteiger partial charge in [0, 0.05) is 0 Å². The molecule has 1 heterocycles. The van der Waals surface area contributed by atoms with Crippen molar-refractivity contribution in [2.45, 2.75) is 18.6 Å². The fourth-order valence-corrected chi connectivity index (χ4v) is 1.81. The van der Waals surface area contributed by atoms with E-state index < -0.39 is 17.8 Å². The third kappa shape index (κ3) is 1.87. The number of aromatic nitrogens is 3. The Labute approximate surface area is 95.6 Å². The van der Waals surface area contributed by atoms with E-state index in [-0.39, 0.29) is 30.2 Å². The number of nitrogens with two attached hydrogens (primary N) is 1. The number of rotatable bonds is 2. The molecule has 1 aromatic heterocycles. The highest BCUT2D eigenvalue weighted by molar-refractivity contribution is 5.23. The first-order valence-corrected chi connectivity index (χ1v) is 4.95. The van der Waals surface area contributed by atoms with Crippen molar-refractivity contribution in [2.24, 2.45) is 0 Å². The number of anilines is 1. The third-order valence-corrected chi connectivity index (χ3v) is 2.70. The minimum atomic E-state index is -1.27. The van der Waals surface area contributed by atoms with E-state index in [0.29, 0.717) is 0 Å². The number of aliphatic hydroxyl groups excluding tert-OH is 3. The zero-order valence-corrected chi connectivity index (χ0v) is 8.82. The van der Waals surface area contributed by atoms with Crippen molar-refractivity contribution >= 4 is 5.82 Å². The molecule has 0 spiro atoms. The lowest BCUT2D eigenvalue weighted by molar-refractivity contribution is 0.108. The lowest BCUT2D eigenvalue weighted by Crippen LogP contribution is -2.34. The van der Waals surface area contributed by atoms with Crippen molar-refractivity contribution in [3.8, 4) is 0 Å². The molecule has 1 unspecified atom stereocenters. The molecule has 8 nitrogen and oxygen atoms in total. The van der Waals surface area contributed by atoms with Gasteiger partial charge in [0.25, 0.3) is 0 Å². The van der Waals surface area contributed by atoms with Gasteiger partial charge in [0.2, 0.25) is 0 Å². The zero-order valence-electron chi connectivity index (χ0n) is 8.82. The van der Waals surface area contributed by atoms with Crippen molar-refractivity contribution in [1.29, 1.82) is 0 Å². The van der Waals surface area contributed by atoms with Crippen LogP contribution in [0.5, 0.6) is 0 Å². The minimum absolute atomic E-state index is 0.0155. The SMILES string of the molecule is Nc1cnn([C@@H]2CC(CO)=C(O)C2O)c(=O)n1. The van der Waals surface area contributed by atoms with Crippen molar-refractivity contribution in [1.82, 2.24) is 14.8 Å². The van der Waals surface area contributed by atoms with Crippen LogP contribution in [0.1, 0.15) is 12.5 Å². The number of aliphatic hydroxyl groups is 3. The highest BCUT2D eigenvalue weighted by atomic mass is 16.3. The van der Waals surface area contributed by atoms with E-state index in [1.54, 1.807) is 0 Å². The Balaban J connectivity index is 2.35. The Kier molecular flexibility index (Phi) is 2.82. The molecule has 1 aliphatic carbocycles. The lowest BCUT2D eigenvalue weighted by atomic mass is 10.2. The van der Waals surface area contributed by atoms with Crippen LogP contribution in [-0.2, 0) is 0 Å². The van der Waals surface area contributed by atoms with Crippen molar-refractivity contribution in [2.75, 3.05) is 12.3 Å². The Hall–Kier alpha value is -1.93. The van der Waals surface area contributed by atoms with Crippen LogP contribution < -0.4 is 11.4 Å². The topological polar surface area (TPSA) is 134 Å². The van der Waals surface area contributed by atoms with Gasteiger partial charge in [-0.3, -0.25) is 0 Å². The molecular formula is C9H12N4O4. The second-order valence-corrected chi connectivity index (χ2v) is 3.77. The Morgan fingerprint density at radius 1 is 1.59 bits per heavy atom. The number of nitrogen functional groups attached to an aromatic ring is 1. The van der Waals surface area contributed by atoms with Gasteiger partial charge in [0.1, 0.15) is 17.7 Å². The van der Waals surface area contributed by atoms with Crippen LogP contribution in [0.15, 0.2) is 22.3 Å². The molecule has 0 aromatic carbocycles. The van der Waals surface area contributed by atoms with Gasteiger partial charge < -0.3 is 21.1 Å². The average molecular weight is 240 g/mol. The lowest BCUT2D eigenvalue weighted by Gasteiger charge is -2.16. The molecule has 92 valence electrons. The van der Waals surface area contributed by atoms with Gasteiger partial charge in [-0.1, -0.05) is 0 Å². The summed E-state index contributed by atoms with van der Waals surface area (Å²) >= 11 is 0. The molecule has 1 aliphatic rings. The molecule has 0 aliphatic heterocycles. The van der Waals surface area contributed by atoms with E-state index in [1.807, 2.05) is 0 Å². The van der Waals surface area contributed by atoms with Crippen LogP contribution in [0.3, 0.4) is 0 Å². The smallest absolute Gasteiger partial charge is 0.366 e. The summed E-state index contributed by atoms with van der Waals surface area (Å²) in [6.45, 7) is -0.378. The van der Waals surface area contributed by atoms with Crippen LogP contribution in [0, 0.1) is 0 Å². The molecule has 0 saturated heterocycles. The van der Waals surface area contributed by atoms with E-state index in [4.69, 9.17) is 10.8 Å². The van der Waals surface area contributed by atoms with Gasteiger partial charge in [-0.15, -0.1) is 0 Å². The summed E-state index contributed by atoms with van der Waals surface area (Å²) in [5, 5.41) is 32.0. The minimum Gasteiger partial charge on any atom is -0.509 e. The molecule has 0 saturated carbocycles. The molecular weight excluding hydrogens is 228 g/mol. The largest absolute Gasteiger partial charge is 0.509 e. The molecule has 2 atom stereocenters. The van der Waals surface area contributed by atoms with Gasteiger partial charge in [0.15, 0.2) is 0 Å². The van der Waals surface area contributed by atoms with E-state index in [9.17, 15) is 15.0 Å². The van der Waals surface area contributed by atoms with E-state index in [0.717, 1.165) is 4.68 Å². The summed E-state index contributed by atoms with van der Waals surface area (Å²) in [7, 11) is 0. The highest BCUT2D eigenvalue weighted by Crippen LogP contribution is 2.32. The summed E-state index contributed by atoms with van der Waals surface area (Å²) in [6.07, 6.45) is 0.0529. The Morgan fingerprint density at radius 2 is 2.29 bits per heavy atom. The molecule has 0 radical (unpaired) electrons. The van der Waals surface area contributed by atoms with Crippen LogP contribution in [0.25, 0.3) is 0 Å². The number of nitrogens with zero attached hydrogens (tertiary/aromatic N) is 3. The second kappa shape index (κ2) is 4.15. The average Bonchev–Trinajstić information content (AvgIpc) is 2.57. The van der Waals surface area contributed by atoms with Gasteiger partial charge >= 0.3 is 5.69 Å². The molecule has 5 N–H and O–H groups in total. The monoisotopic (exact) mass is 240 g/mol. The molecule has 0 amide bonds. The summed E-state index contributed by atoms with van der Waals surface area (Å²) in [4.78, 5) is 15.0. The fraction of sp³-hybridized carbons (Fsp3) is 0.444. The fourth-order valence-electron chi connectivity index (χ4n) is 1.81. The van der Waals surface area contributed by atoms with E-state index >= 15 is 0 Å². The van der Waals surface area contributed by atoms with Crippen molar-refractivity contribution in [3.05, 3.63) is 28.0 Å². The van der Waals surface area contributed by atoms with E-state index in [2.05, 4.69) is 10.1 Å². The van der Waals surface area contributed by atoms with Crippen LogP contribution in [0.4, 0.5) is 5.82 Å². The molecule has 8 heteroatoms. The molecule has 0 fully saturated rings. The zero-order chi connectivity index (χ0) is 12.6. The van der Waals surface area contributed by atoms with Gasteiger partial charge in [-0.05, 0) is 12.0 Å². The van der Waals surface area contributed by atoms with Gasteiger partial charge in [-0.25, -0.2) is 9.48 Å². The quantitative estimate of drug-likeness (QED) is 0.485. The molecule has 2 rings (SSSR count). The summed E-state index contributed by atoms with van der Waals surface area (Å²) in [5.74, 6) is -0.332. The number of hydrogen-bond donors (Lipinski definition) is 4. The number of hydrogen-bond acceptors (Lipinski definition) is 7. The van der Waals surface area contributed by atoms with Gasteiger partial charge in [0.05, 0.1) is 18.8 Å². The highest BCUT2D eigenvalue weighted by Gasteiger charge is 2.35. The predicted octanol–water partition coefficient (Wildman–Crippen LogP) is -1.67. The Bertz CT molecular complexity index is 524. The maximum atomic E-state index is 11.5. The van der Waals surface area contributed by atoms with Crippen LogP contribution in [-0.4, -0.2) is 42.8 Å². The molecule has 1 aromatic rings. The summed E-state index contributed by atoms with van der Waals surface area (Å²) < 4.78 is 0.944. The second-order valence-electron chi connectivity index (χ2n) is 3.77. The van der Waals surface area contributed by atoms with E-state index in [1.165, 1.54) is 6.20 Å². The first-order chi connectivity index (χ1) is 8.04. The normalized spacial score (nSPS) is 24.4. The maximum Gasteiger partial charge on any atom is 0.366 e. The standard InChI is InChI=1S/C9H12N4O4/c10-6-2-11-13(9(17)12-6)5-1-4(3-14)7(15)8(5)16/h2,5,8,14-16H,1,3H2,(H2,10,12,17)/t5-,8?/m1/s1. The van der Waals surface area contributed by atoms with Crippen LogP contribution in [0.2, 0.25) is 0 Å². The van der Waals surface area contributed by atoms with Crippen molar-refractivity contribution in [3.63, 3.8) is 0 Å². The summed E-state index contributed by atoms with van der Waals surface area (Å²) in [6, 6.07) is -0.766. The predicted molar refractivity (Wildman–Crippen MR) is 57.1 cm³/mol. The Morgan fingerprint density at radius 3 is 2.82 bits per heavy atom. The first kappa shape index (κ1) is 11.6. The van der Waals surface area contributed by atoms with Gasteiger partial charge in [-0.2, -0.15) is 10.1 Å². The molecule has 0 bridgehead atoms. The first-order valence-electron chi connectivity index (χ1n) is 4.95. The molecule has 17 heavy (non-hydrogen) atoms. The van der Waals surface area contributed by atoms with Crippen LogP contribution >= 0.6 is 0 Å². The van der Waals surface area contributed by atoms with Crippen molar-refractivity contribution < 1.29 is 15.3 Å². The maximum absolute atomic E-state index is 11.5. The summed E-state index contributed by atoms with van der Waals surface area (Å²) in [5.41, 5.74) is 4.87. The third-order valence-electron chi connectivity index (χ3n) is 2.70.